The van der Waals surface area contributed by atoms with Crippen LogP contribution in [0.3, 0.4) is 0 Å². The zero-order valence-electron chi connectivity index (χ0n) is 13.3. The molecule has 0 aromatic heterocycles. The van der Waals surface area contributed by atoms with Crippen LogP contribution in [0.15, 0.2) is 47.4 Å². The lowest BCUT2D eigenvalue weighted by molar-refractivity contribution is 0.103. The molecule has 0 aliphatic heterocycles. The van der Waals surface area contributed by atoms with Crippen LogP contribution < -0.4 is 4.74 Å². The summed E-state index contributed by atoms with van der Waals surface area (Å²) in [5, 5.41) is 0.116. The first-order valence-electron chi connectivity index (χ1n) is 7.16. The molecule has 0 atom stereocenters. The number of carbonyl (C=O) groups is 1. The molecule has 0 saturated carbocycles. The molecule has 0 aliphatic carbocycles. The van der Waals surface area contributed by atoms with Crippen LogP contribution >= 0.6 is 27.5 Å². The second-order valence-electron chi connectivity index (χ2n) is 4.02. The van der Waals surface area contributed by atoms with E-state index >= 15 is 0 Å². The van der Waals surface area contributed by atoms with Gasteiger partial charge in [0.2, 0.25) is 0 Å². The molecule has 0 fully saturated rings. The zero-order chi connectivity index (χ0) is 17.2. The molecule has 2 rings (SSSR count). The number of methoxy groups -OCH3 is 1. The molecule has 0 bridgehead atoms. The highest BCUT2D eigenvalue weighted by Crippen LogP contribution is 2.32. The van der Waals surface area contributed by atoms with Gasteiger partial charge >= 0.3 is 0 Å². The first-order valence-corrected chi connectivity index (χ1v) is 6.83. The van der Waals surface area contributed by atoms with Crippen molar-refractivity contribution in [3.05, 3.63) is 69.2 Å². The standard InChI is InChI=1S/C16H12BrClO2/c1-3-10-4-6-11(7-5-10)16(19)12-8-13(17)15(20-2)9-14(12)18/h3-9H,1H2,2H3/i2D3. The van der Waals surface area contributed by atoms with Gasteiger partial charge in [0, 0.05) is 17.2 Å². The molecular formula is C16H12BrClO2. The zero-order valence-corrected chi connectivity index (χ0v) is 12.7. The summed E-state index contributed by atoms with van der Waals surface area (Å²) in [6, 6.07) is 9.66. The lowest BCUT2D eigenvalue weighted by Gasteiger charge is -2.08. The summed E-state index contributed by atoms with van der Waals surface area (Å²) in [4.78, 5) is 12.5. The molecule has 2 aromatic carbocycles. The van der Waals surface area contributed by atoms with Crippen LogP contribution in [-0.2, 0) is 0 Å². The maximum absolute atomic E-state index is 12.5. The average Bonchev–Trinajstić information content (AvgIpc) is 2.48. The molecule has 0 spiro atoms. The highest BCUT2D eigenvalue weighted by molar-refractivity contribution is 9.10. The lowest BCUT2D eigenvalue weighted by Crippen LogP contribution is -2.03. The Morgan fingerprint density at radius 3 is 2.70 bits per heavy atom. The molecule has 0 heterocycles. The largest absolute Gasteiger partial charge is 0.496 e. The van der Waals surface area contributed by atoms with Gasteiger partial charge in [-0.2, -0.15) is 0 Å². The minimum absolute atomic E-state index is 0.0496. The summed E-state index contributed by atoms with van der Waals surface area (Å²) in [5.74, 6) is -0.222. The summed E-state index contributed by atoms with van der Waals surface area (Å²) < 4.78 is 26.5. The summed E-state index contributed by atoms with van der Waals surface area (Å²) in [7, 11) is -2.60. The van der Waals surface area contributed by atoms with Crippen molar-refractivity contribution in [2.45, 2.75) is 0 Å². The van der Waals surface area contributed by atoms with Crippen molar-refractivity contribution in [1.82, 2.24) is 0 Å². The third kappa shape index (κ3) is 2.94. The first kappa shape index (κ1) is 11.1. The Bertz CT molecular complexity index is 755. The number of ether oxygens (including phenoxy) is 1. The molecule has 2 nitrogen and oxygen atoms in total. The molecular weight excluding hydrogens is 340 g/mol. The van der Waals surface area contributed by atoms with Crippen molar-refractivity contribution in [3.63, 3.8) is 0 Å². The summed E-state index contributed by atoms with van der Waals surface area (Å²) in [5.41, 5.74) is 1.62. The highest BCUT2D eigenvalue weighted by atomic mass is 79.9. The predicted octanol–water partition coefficient (Wildman–Crippen LogP) is 4.99. The number of carbonyl (C=O) groups excluding carboxylic acids is 1. The van der Waals surface area contributed by atoms with Crippen LogP contribution in [0.5, 0.6) is 5.75 Å². The Morgan fingerprint density at radius 2 is 2.10 bits per heavy atom. The van der Waals surface area contributed by atoms with Gasteiger partial charge in [0.25, 0.3) is 0 Å². The Morgan fingerprint density at radius 1 is 1.40 bits per heavy atom. The van der Waals surface area contributed by atoms with Gasteiger partial charge in [0.1, 0.15) is 5.75 Å². The van der Waals surface area contributed by atoms with Crippen LogP contribution in [0.4, 0.5) is 0 Å². The van der Waals surface area contributed by atoms with E-state index in [2.05, 4.69) is 22.5 Å². The SMILES string of the molecule is [2H]C([2H])([2H])Oc1cc(Cl)c(C(=O)c2ccc(C=C)cc2)cc1Br. The van der Waals surface area contributed by atoms with Crippen LogP contribution in [0.1, 0.15) is 25.6 Å². The van der Waals surface area contributed by atoms with Crippen molar-refractivity contribution in [2.24, 2.45) is 0 Å². The fraction of sp³-hybridized carbons (Fsp3) is 0.0625. The van der Waals surface area contributed by atoms with E-state index in [-0.39, 0.29) is 22.1 Å². The van der Waals surface area contributed by atoms with Crippen molar-refractivity contribution >= 4 is 39.4 Å². The highest BCUT2D eigenvalue weighted by Gasteiger charge is 2.15. The maximum Gasteiger partial charge on any atom is 0.194 e. The molecule has 0 N–H and O–H groups in total. The quantitative estimate of drug-likeness (QED) is 0.723. The summed E-state index contributed by atoms with van der Waals surface area (Å²) in [6.45, 7) is 3.66. The van der Waals surface area contributed by atoms with Crippen LogP contribution in [0.2, 0.25) is 5.02 Å². The molecule has 102 valence electrons. The molecule has 2 aromatic rings. The van der Waals surface area contributed by atoms with E-state index in [1.54, 1.807) is 30.3 Å². The van der Waals surface area contributed by atoms with Crippen LogP contribution in [0, 0.1) is 0 Å². The van der Waals surface area contributed by atoms with E-state index in [9.17, 15) is 4.79 Å². The predicted molar refractivity (Wildman–Crippen MR) is 85.7 cm³/mol. The first-order chi connectivity index (χ1) is 10.7. The van der Waals surface area contributed by atoms with Crippen LogP contribution in [0.25, 0.3) is 6.08 Å². The topological polar surface area (TPSA) is 26.3 Å². The van der Waals surface area contributed by atoms with E-state index in [0.717, 1.165) is 5.56 Å². The Balaban J connectivity index is 2.37. The van der Waals surface area contributed by atoms with E-state index in [4.69, 9.17) is 20.5 Å². The molecule has 0 unspecified atom stereocenters. The minimum atomic E-state index is -2.60. The van der Waals surface area contributed by atoms with E-state index in [0.29, 0.717) is 10.0 Å². The number of ketones is 1. The summed E-state index contributed by atoms with van der Waals surface area (Å²) in [6.07, 6.45) is 1.68. The van der Waals surface area contributed by atoms with Gasteiger partial charge in [-0.3, -0.25) is 4.79 Å². The fourth-order valence-corrected chi connectivity index (χ4v) is 2.37. The maximum atomic E-state index is 12.5. The van der Waals surface area contributed by atoms with E-state index in [1.165, 1.54) is 12.1 Å². The number of hydrogen-bond donors (Lipinski definition) is 0. The average molecular weight is 355 g/mol. The van der Waals surface area contributed by atoms with Gasteiger partial charge in [-0.25, -0.2) is 0 Å². The second kappa shape index (κ2) is 6.25. The molecule has 20 heavy (non-hydrogen) atoms. The van der Waals surface area contributed by atoms with Crippen LogP contribution in [-0.4, -0.2) is 12.8 Å². The Labute approximate surface area is 135 Å². The monoisotopic (exact) mass is 353 g/mol. The normalized spacial score (nSPS) is 13.0. The van der Waals surface area contributed by atoms with Crippen molar-refractivity contribution in [1.29, 1.82) is 0 Å². The molecule has 4 heteroatoms. The summed E-state index contributed by atoms with van der Waals surface area (Å²) >= 11 is 9.31. The number of rotatable bonds is 4. The number of halogens is 2. The third-order valence-electron chi connectivity index (χ3n) is 2.78. The van der Waals surface area contributed by atoms with Crippen molar-refractivity contribution in [3.8, 4) is 5.75 Å². The lowest BCUT2D eigenvalue weighted by atomic mass is 10.0. The van der Waals surface area contributed by atoms with Gasteiger partial charge in [-0.1, -0.05) is 48.5 Å². The second-order valence-corrected chi connectivity index (χ2v) is 5.28. The van der Waals surface area contributed by atoms with Gasteiger partial charge in [-0.15, -0.1) is 0 Å². The van der Waals surface area contributed by atoms with Gasteiger partial charge in [-0.05, 0) is 27.6 Å². The molecule has 0 aliphatic rings. The molecule has 0 saturated heterocycles. The van der Waals surface area contributed by atoms with Gasteiger partial charge in [0.15, 0.2) is 5.78 Å². The van der Waals surface area contributed by atoms with E-state index in [1.807, 2.05) is 0 Å². The van der Waals surface area contributed by atoms with Crippen molar-refractivity contribution in [2.75, 3.05) is 7.04 Å². The number of benzene rings is 2. The number of hydrogen-bond acceptors (Lipinski definition) is 2. The smallest absolute Gasteiger partial charge is 0.194 e. The Hall–Kier alpha value is -1.58. The Kier molecular flexibility index (Phi) is 3.47. The molecule has 0 radical (unpaired) electrons. The minimum Gasteiger partial charge on any atom is -0.496 e. The van der Waals surface area contributed by atoms with Gasteiger partial charge < -0.3 is 4.74 Å². The molecule has 0 amide bonds. The van der Waals surface area contributed by atoms with Gasteiger partial charge in [0.05, 0.1) is 20.6 Å². The fourth-order valence-electron chi connectivity index (χ4n) is 1.71. The third-order valence-corrected chi connectivity index (χ3v) is 3.72. The van der Waals surface area contributed by atoms with E-state index < -0.39 is 7.04 Å². The van der Waals surface area contributed by atoms with Crippen molar-refractivity contribution < 1.29 is 13.6 Å².